The van der Waals surface area contributed by atoms with Crippen LogP contribution in [0.4, 0.5) is 16.2 Å². The van der Waals surface area contributed by atoms with Crippen LogP contribution >= 0.6 is 11.6 Å². The second-order valence-corrected chi connectivity index (χ2v) is 12.6. The Morgan fingerprint density at radius 3 is 2.23 bits per heavy atom. The number of hydrogen-bond donors (Lipinski definition) is 1. The van der Waals surface area contributed by atoms with Crippen molar-refractivity contribution in [2.75, 3.05) is 57.7 Å². The van der Waals surface area contributed by atoms with Crippen molar-refractivity contribution in [3.63, 3.8) is 0 Å². The summed E-state index contributed by atoms with van der Waals surface area (Å²) in [5, 5.41) is 3.45. The molecule has 48 heavy (non-hydrogen) atoms. The summed E-state index contributed by atoms with van der Waals surface area (Å²) >= 11 is 6.01. The SMILES string of the molecule is CCOC(=O)CCc1ccc(OCC(=O)Nc2ccc(OCCN(C)C)cc2N(C)C(=O)OC(C)(C)C)cc1OCc1ccc(Cl)cc1. The first-order valence-corrected chi connectivity index (χ1v) is 16.1. The number of hydrogen-bond acceptors (Lipinski definition) is 9. The Bertz CT molecular complexity index is 1520. The average Bonchev–Trinajstić information content (AvgIpc) is 3.02. The van der Waals surface area contributed by atoms with Crippen LogP contribution in [0.15, 0.2) is 60.7 Å². The van der Waals surface area contributed by atoms with Gasteiger partial charge in [-0.25, -0.2) is 4.79 Å². The molecule has 0 atom stereocenters. The van der Waals surface area contributed by atoms with Gasteiger partial charge < -0.3 is 33.9 Å². The maximum absolute atomic E-state index is 13.1. The molecule has 0 saturated carbocycles. The lowest BCUT2D eigenvalue weighted by Gasteiger charge is -2.26. The molecule has 0 unspecified atom stereocenters. The van der Waals surface area contributed by atoms with Gasteiger partial charge in [0.15, 0.2) is 6.61 Å². The molecule has 0 aromatic heterocycles. The van der Waals surface area contributed by atoms with Crippen LogP contribution in [0.5, 0.6) is 17.2 Å². The van der Waals surface area contributed by atoms with E-state index in [4.69, 9.17) is 35.3 Å². The van der Waals surface area contributed by atoms with E-state index in [2.05, 4.69) is 5.32 Å². The first-order chi connectivity index (χ1) is 22.7. The highest BCUT2D eigenvalue weighted by Gasteiger charge is 2.23. The molecule has 3 aromatic carbocycles. The Morgan fingerprint density at radius 2 is 1.56 bits per heavy atom. The number of carbonyl (C=O) groups excluding carboxylic acids is 3. The third-order valence-electron chi connectivity index (χ3n) is 6.70. The van der Waals surface area contributed by atoms with Crippen molar-refractivity contribution >= 4 is 40.9 Å². The fourth-order valence-corrected chi connectivity index (χ4v) is 4.40. The standard InChI is InChI=1S/C36H46ClN3O8/c1-8-44-34(42)18-12-26-11-15-29(22-32(26)47-23-25-9-13-27(37)14-10-25)46-24-33(41)38-30-17-16-28(45-20-19-39(5)6)21-31(30)40(7)35(43)48-36(2,3)4/h9-11,13-17,21-22H,8,12,18-20,23-24H2,1-7H3,(H,38,41). The van der Waals surface area contributed by atoms with Crippen LogP contribution in [-0.4, -0.2) is 76.0 Å². The quantitative estimate of drug-likeness (QED) is 0.164. The summed E-state index contributed by atoms with van der Waals surface area (Å²) in [6.45, 7) is 8.48. The number of carbonyl (C=O) groups is 3. The van der Waals surface area contributed by atoms with Gasteiger partial charge in [0.2, 0.25) is 0 Å². The third kappa shape index (κ3) is 13.0. The predicted octanol–water partition coefficient (Wildman–Crippen LogP) is 6.74. The van der Waals surface area contributed by atoms with E-state index < -0.39 is 17.6 Å². The first kappa shape index (κ1) is 38.0. The van der Waals surface area contributed by atoms with Gasteiger partial charge in [0.25, 0.3) is 5.91 Å². The number of esters is 1. The molecule has 0 saturated heterocycles. The fourth-order valence-electron chi connectivity index (χ4n) is 4.27. The largest absolute Gasteiger partial charge is 0.492 e. The van der Waals surface area contributed by atoms with Gasteiger partial charge >= 0.3 is 12.1 Å². The van der Waals surface area contributed by atoms with Crippen molar-refractivity contribution in [2.45, 2.75) is 52.7 Å². The monoisotopic (exact) mass is 683 g/mol. The Labute approximate surface area is 288 Å². The molecule has 0 aliphatic carbocycles. The molecule has 0 bridgehead atoms. The lowest BCUT2D eigenvalue weighted by atomic mass is 10.1. The lowest BCUT2D eigenvalue weighted by Crippen LogP contribution is -2.35. The number of nitrogens with one attached hydrogen (secondary N) is 1. The summed E-state index contributed by atoms with van der Waals surface area (Å²) in [7, 11) is 5.46. The molecule has 0 radical (unpaired) electrons. The van der Waals surface area contributed by atoms with Gasteiger partial charge in [0.05, 0.1) is 18.0 Å². The van der Waals surface area contributed by atoms with Crippen LogP contribution < -0.4 is 24.4 Å². The number of amides is 2. The van der Waals surface area contributed by atoms with Crippen LogP contribution in [0.1, 0.15) is 45.2 Å². The summed E-state index contributed by atoms with van der Waals surface area (Å²) < 4.78 is 28.4. The van der Waals surface area contributed by atoms with E-state index in [1.54, 1.807) is 83.3 Å². The highest BCUT2D eigenvalue weighted by Crippen LogP contribution is 2.32. The van der Waals surface area contributed by atoms with Crippen LogP contribution in [0.2, 0.25) is 5.02 Å². The molecule has 12 heteroatoms. The molecule has 0 aliphatic rings. The smallest absolute Gasteiger partial charge is 0.414 e. The van der Waals surface area contributed by atoms with Crippen molar-refractivity contribution in [1.29, 1.82) is 0 Å². The van der Waals surface area contributed by atoms with Gasteiger partial charge in [-0.3, -0.25) is 14.5 Å². The maximum atomic E-state index is 13.1. The fraction of sp³-hybridized carbons (Fsp3) is 0.417. The Morgan fingerprint density at radius 1 is 0.875 bits per heavy atom. The van der Waals surface area contributed by atoms with Gasteiger partial charge in [-0.15, -0.1) is 0 Å². The molecule has 3 aromatic rings. The third-order valence-corrected chi connectivity index (χ3v) is 6.95. The summed E-state index contributed by atoms with van der Waals surface area (Å²) in [5.41, 5.74) is 1.75. The minimum absolute atomic E-state index is 0.188. The number of likely N-dealkylation sites (N-methyl/N-ethyl adjacent to an activating group) is 1. The Balaban J connectivity index is 1.75. The van der Waals surface area contributed by atoms with Crippen molar-refractivity contribution in [3.05, 3.63) is 76.8 Å². The summed E-state index contributed by atoms with van der Waals surface area (Å²) in [6.07, 6.45) is -0.0000642. The average molecular weight is 684 g/mol. The summed E-state index contributed by atoms with van der Waals surface area (Å²) in [4.78, 5) is 41.4. The number of rotatable bonds is 16. The van der Waals surface area contributed by atoms with E-state index >= 15 is 0 Å². The number of benzene rings is 3. The molecular weight excluding hydrogens is 638 g/mol. The molecule has 2 amide bonds. The zero-order chi connectivity index (χ0) is 35.3. The minimum Gasteiger partial charge on any atom is -0.492 e. The zero-order valence-electron chi connectivity index (χ0n) is 28.8. The van der Waals surface area contributed by atoms with Crippen LogP contribution in [0.3, 0.4) is 0 Å². The molecule has 0 aliphatic heterocycles. The Kier molecular flexibility index (Phi) is 14.4. The maximum Gasteiger partial charge on any atom is 0.414 e. The van der Waals surface area contributed by atoms with Crippen LogP contribution in [0, 0.1) is 0 Å². The minimum atomic E-state index is -0.714. The second-order valence-electron chi connectivity index (χ2n) is 12.2. The summed E-state index contributed by atoms with van der Waals surface area (Å²) in [6, 6.07) is 17.5. The topological polar surface area (TPSA) is 116 Å². The molecule has 1 N–H and O–H groups in total. The van der Waals surface area contributed by atoms with Gasteiger partial charge in [0.1, 0.15) is 36.1 Å². The number of anilines is 2. The highest BCUT2D eigenvalue weighted by molar-refractivity contribution is 6.30. The van der Waals surface area contributed by atoms with Crippen molar-refractivity contribution in [2.24, 2.45) is 0 Å². The lowest BCUT2D eigenvalue weighted by molar-refractivity contribution is -0.143. The normalized spacial score (nSPS) is 11.1. The van der Waals surface area contributed by atoms with Gasteiger partial charge in [-0.1, -0.05) is 29.8 Å². The van der Waals surface area contributed by atoms with Crippen molar-refractivity contribution in [3.8, 4) is 17.2 Å². The molecule has 0 heterocycles. The van der Waals surface area contributed by atoms with E-state index in [1.165, 1.54) is 4.90 Å². The molecule has 0 fully saturated rings. The van der Waals surface area contributed by atoms with Gasteiger partial charge in [0, 0.05) is 37.2 Å². The molecule has 11 nitrogen and oxygen atoms in total. The first-order valence-electron chi connectivity index (χ1n) is 15.7. The van der Waals surface area contributed by atoms with Gasteiger partial charge in [-0.2, -0.15) is 0 Å². The van der Waals surface area contributed by atoms with E-state index in [9.17, 15) is 14.4 Å². The van der Waals surface area contributed by atoms with E-state index in [0.717, 1.165) is 11.1 Å². The van der Waals surface area contributed by atoms with Crippen molar-refractivity contribution < 1.29 is 38.1 Å². The Hall–Kier alpha value is -4.48. The number of aryl methyl sites for hydroxylation is 1. The van der Waals surface area contributed by atoms with E-state index in [0.29, 0.717) is 59.8 Å². The molecule has 3 rings (SSSR count). The second kappa shape index (κ2) is 18.2. The molecular formula is C36H46ClN3O8. The van der Waals surface area contributed by atoms with Gasteiger partial charge in [-0.05, 0) is 89.7 Å². The van der Waals surface area contributed by atoms with Crippen molar-refractivity contribution in [1.82, 2.24) is 4.90 Å². The zero-order valence-corrected chi connectivity index (χ0v) is 29.5. The molecule has 260 valence electrons. The van der Waals surface area contributed by atoms with Crippen LogP contribution in [-0.2, 0) is 32.1 Å². The molecule has 0 spiro atoms. The van der Waals surface area contributed by atoms with Crippen LogP contribution in [0.25, 0.3) is 0 Å². The highest BCUT2D eigenvalue weighted by atomic mass is 35.5. The predicted molar refractivity (Wildman–Crippen MR) is 186 cm³/mol. The number of nitrogens with zero attached hydrogens (tertiary/aromatic N) is 2. The van der Waals surface area contributed by atoms with E-state index in [1.807, 2.05) is 31.1 Å². The number of halogens is 1. The van der Waals surface area contributed by atoms with E-state index in [-0.39, 0.29) is 25.6 Å². The number of ether oxygens (including phenoxy) is 5. The summed E-state index contributed by atoms with van der Waals surface area (Å²) in [5.74, 6) is 0.684.